The third-order valence-corrected chi connectivity index (χ3v) is 4.72. The predicted octanol–water partition coefficient (Wildman–Crippen LogP) is 2.97. The number of thiophene rings is 1. The molecule has 1 aliphatic heterocycles. The molecule has 2 heterocycles. The minimum absolute atomic E-state index is 0.140. The monoisotopic (exact) mass is 348 g/mol. The number of alkyl halides is 3. The fourth-order valence-electron chi connectivity index (χ4n) is 2.62. The number of nitrogens with zero attached hydrogens (tertiary/aromatic N) is 1. The number of nitrogens with one attached hydrogen (secondary N) is 1. The standard InChI is InChI=1S/C15H19F3N2O2S/c1-9(2)13(11-4-3-5-23-11)19-14(22)10-6-12(21)20(7-10)8-15(16,17)18/h3-5,9-10,13H,6-8H2,1-2H3,(H,19,22)/t10-,13-/m0/s1. The molecule has 1 aliphatic rings. The predicted molar refractivity (Wildman–Crippen MR) is 80.8 cm³/mol. The Balaban J connectivity index is 1.99. The first-order valence-electron chi connectivity index (χ1n) is 7.35. The van der Waals surface area contributed by atoms with Crippen molar-refractivity contribution in [1.29, 1.82) is 0 Å². The van der Waals surface area contributed by atoms with Gasteiger partial charge in [-0.25, -0.2) is 0 Å². The number of carbonyl (C=O) groups is 2. The van der Waals surface area contributed by atoms with E-state index in [2.05, 4.69) is 5.32 Å². The second kappa shape index (κ2) is 6.90. The second-order valence-corrected chi connectivity index (χ2v) is 7.02. The Morgan fingerprint density at radius 2 is 2.17 bits per heavy atom. The van der Waals surface area contributed by atoms with Crippen LogP contribution in [0.15, 0.2) is 17.5 Å². The van der Waals surface area contributed by atoms with Crippen LogP contribution in [0, 0.1) is 11.8 Å². The molecule has 1 saturated heterocycles. The average molecular weight is 348 g/mol. The number of likely N-dealkylation sites (tertiary alicyclic amines) is 1. The van der Waals surface area contributed by atoms with Crippen LogP contribution in [0.3, 0.4) is 0 Å². The number of hydrogen-bond donors (Lipinski definition) is 1. The van der Waals surface area contributed by atoms with E-state index in [0.29, 0.717) is 4.90 Å². The molecule has 2 amide bonds. The van der Waals surface area contributed by atoms with Crippen LogP contribution in [0.1, 0.15) is 31.2 Å². The van der Waals surface area contributed by atoms with Crippen molar-refractivity contribution >= 4 is 23.2 Å². The number of rotatable bonds is 5. The summed E-state index contributed by atoms with van der Waals surface area (Å²) in [6.07, 6.45) is -4.62. The third kappa shape index (κ3) is 4.70. The summed E-state index contributed by atoms with van der Waals surface area (Å²) in [6.45, 7) is 2.44. The van der Waals surface area contributed by atoms with Crippen LogP contribution in [-0.4, -0.2) is 36.0 Å². The van der Waals surface area contributed by atoms with Gasteiger partial charge in [-0.1, -0.05) is 19.9 Å². The van der Waals surface area contributed by atoms with Crippen molar-refractivity contribution in [3.63, 3.8) is 0 Å². The molecule has 0 spiro atoms. The molecule has 0 aliphatic carbocycles. The van der Waals surface area contributed by atoms with Crippen molar-refractivity contribution in [3.05, 3.63) is 22.4 Å². The van der Waals surface area contributed by atoms with Crippen molar-refractivity contribution in [3.8, 4) is 0 Å². The van der Waals surface area contributed by atoms with Crippen LogP contribution in [0.25, 0.3) is 0 Å². The molecular formula is C15H19F3N2O2S. The van der Waals surface area contributed by atoms with Crippen LogP contribution in [0.5, 0.6) is 0 Å². The van der Waals surface area contributed by atoms with Gasteiger partial charge in [-0.15, -0.1) is 11.3 Å². The zero-order valence-corrected chi connectivity index (χ0v) is 13.7. The highest BCUT2D eigenvalue weighted by Gasteiger charge is 2.41. The Kier molecular flexibility index (Phi) is 5.33. The van der Waals surface area contributed by atoms with E-state index in [4.69, 9.17) is 0 Å². The number of halogens is 3. The molecular weight excluding hydrogens is 329 g/mol. The first-order valence-corrected chi connectivity index (χ1v) is 8.23. The molecule has 1 aromatic heterocycles. The lowest BCUT2D eigenvalue weighted by Crippen LogP contribution is -2.39. The van der Waals surface area contributed by atoms with E-state index in [-0.39, 0.29) is 30.8 Å². The molecule has 1 N–H and O–H groups in total. The molecule has 0 saturated carbocycles. The molecule has 0 aromatic carbocycles. The van der Waals surface area contributed by atoms with Gasteiger partial charge in [0, 0.05) is 17.8 Å². The molecule has 0 unspecified atom stereocenters. The molecule has 0 radical (unpaired) electrons. The van der Waals surface area contributed by atoms with Crippen molar-refractivity contribution in [2.75, 3.05) is 13.1 Å². The van der Waals surface area contributed by atoms with Crippen molar-refractivity contribution < 1.29 is 22.8 Å². The normalized spacial score (nSPS) is 20.2. The Labute approximate surface area is 136 Å². The zero-order valence-electron chi connectivity index (χ0n) is 12.9. The van der Waals surface area contributed by atoms with Crippen molar-refractivity contribution in [2.24, 2.45) is 11.8 Å². The maximum Gasteiger partial charge on any atom is 0.406 e. The van der Waals surface area contributed by atoms with Gasteiger partial charge in [0.1, 0.15) is 6.54 Å². The largest absolute Gasteiger partial charge is 0.406 e. The number of amides is 2. The van der Waals surface area contributed by atoms with Gasteiger partial charge >= 0.3 is 6.18 Å². The average Bonchev–Trinajstić information content (AvgIpc) is 3.04. The highest BCUT2D eigenvalue weighted by Crippen LogP contribution is 2.28. The fourth-order valence-corrected chi connectivity index (χ4v) is 3.57. The molecule has 2 atom stereocenters. The summed E-state index contributed by atoms with van der Waals surface area (Å²) in [4.78, 5) is 25.7. The lowest BCUT2D eigenvalue weighted by atomic mass is 10.0. The van der Waals surface area contributed by atoms with Gasteiger partial charge in [0.2, 0.25) is 11.8 Å². The van der Waals surface area contributed by atoms with Gasteiger partial charge in [-0.2, -0.15) is 13.2 Å². The quantitative estimate of drug-likeness (QED) is 0.889. The Morgan fingerprint density at radius 3 is 2.70 bits per heavy atom. The van der Waals surface area contributed by atoms with Crippen molar-refractivity contribution in [2.45, 2.75) is 32.5 Å². The van der Waals surface area contributed by atoms with E-state index in [0.717, 1.165) is 4.88 Å². The Bertz CT molecular complexity index is 558. The number of hydrogen-bond acceptors (Lipinski definition) is 3. The van der Waals surface area contributed by atoms with E-state index < -0.39 is 24.5 Å². The summed E-state index contributed by atoms with van der Waals surface area (Å²) in [5.74, 6) is -1.58. The molecule has 23 heavy (non-hydrogen) atoms. The van der Waals surface area contributed by atoms with Crippen LogP contribution in [0.4, 0.5) is 13.2 Å². The zero-order chi connectivity index (χ0) is 17.2. The second-order valence-electron chi connectivity index (χ2n) is 6.04. The Hall–Kier alpha value is -1.57. The molecule has 8 heteroatoms. The lowest BCUT2D eigenvalue weighted by molar-refractivity contribution is -0.157. The first kappa shape index (κ1) is 17.8. The summed E-state index contributed by atoms with van der Waals surface area (Å²) in [5.41, 5.74) is 0. The van der Waals surface area contributed by atoms with E-state index >= 15 is 0 Å². The van der Waals surface area contributed by atoms with Crippen LogP contribution >= 0.6 is 11.3 Å². The van der Waals surface area contributed by atoms with Crippen molar-refractivity contribution in [1.82, 2.24) is 10.2 Å². The molecule has 4 nitrogen and oxygen atoms in total. The van der Waals surface area contributed by atoms with Crippen LogP contribution in [0.2, 0.25) is 0 Å². The maximum atomic E-state index is 12.4. The van der Waals surface area contributed by atoms with Crippen LogP contribution < -0.4 is 5.32 Å². The van der Waals surface area contributed by atoms with Gasteiger partial charge in [0.15, 0.2) is 0 Å². The van der Waals surface area contributed by atoms with Gasteiger partial charge in [0.25, 0.3) is 0 Å². The minimum Gasteiger partial charge on any atom is -0.348 e. The van der Waals surface area contributed by atoms with E-state index in [1.54, 1.807) is 0 Å². The highest BCUT2D eigenvalue weighted by atomic mass is 32.1. The number of carbonyl (C=O) groups excluding carboxylic acids is 2. The maximum absolute atomic E-state index is 12.4. The minimum atomic E-state index is -4.45. The molecule has 0 bridgehead atoms. The smallest absolute Gasteiger partial charge is 0.348 e. The van der Waals surface area contributed by atoms with Crippen LogP contribution in [-0.2, 0) is 9.59 Å². The molecule has 128 valence electrons. The summed E-state index contributed by atoms with van der Waals surface area (Å²) < 4.78 is 37.3. The van der Waals surface area contributed by atoms with E-state index in [9.17, 15) is 22.8 Å². The molecule has 1 aromatic rings. The fraction of sp³-hybridized carbons (Fsp3) is 0.600. The van der Waals surface area contributed by atoms with Gasteiger partial charge in [0.05, 0.1) is 12.0 Å². The SMILES string of the molecule is CC(C)[C@H](NC(=O)[C@H]1CC(=O)N(CC(F)(F)F)C1)c1cccs1. The Morgan fingerprint density at radius 1 is 1.48 bits per heavy atom. The molecule has 2 rings (SSSR count). The van der Waals surface area contributed by atoms with E-state index in [1.807, 2.05) is 31.4 Å². The first-order chi connectivity index (χ1) is 10.7. The summed E-state index contributed by atoms with van der Waals surface area (Å²) in [5, 5.41) is 4.78. The topological polar surface area (TPSA) is 49.4 Å². The molecule has 1 fully saturated rings. The van der Waals surface area contributed by atoms with Gasteiger partial charge in [-0.3, -0.25) is 9.59 Å². The van der Waals surface area contributed by atoms with E-state index in [1.165, 1.54) is 11.3 Å². The third-order valence-electron chi connectivity index (χ3n) is 3.77. The summed E-state index contributed by atoms with van der Waals surface area (Å²) >= 11 is 1.51. The highest BCUT2D eigenvalue weighted by molar-refractivity contribution is 7.10. The lowest BCUT2D eigenvalue weighted by Gasteiger charge is -2.23. The summed E-state index contributed by atoms with van der Waals surface area (Å²) in [6, 6.07) is 3.59. The van der Waals surface area contributed by atoms with Gasteiger partial charge < -0.3 is 10.2 Å². The van der Waals surface area contributed by atoms with Gasteiger partial charge in [-0.05, 0) is 17.4 Å². The summed E-state index contributed by atoms with van der Waals surface area (Å²) in [7, 11) is 0.